The molecule has 0 aliphatic carbocycles. The first-order valence-electron chi connectivity index (χ1n) is 4.61. The van der Waals surface area contributed by atoms with Crippen LogP contribution in [-0.4, -0.2) is 16.5 Å². The van der Waals surface area contributed by atoms with Crippen LogP contribution < -0.4 is 0 Å². The Morgan fingerprint density at radius 2 is 2.27 bits per heavy atom. The third-order valence-corrected chi connectivity index (χ3v) is 2.02. The minimum Gasteiger partial charge on any atom is -0.418 e. The fourth-order valence-corrected chi connectivity index (χ4v) is 1.38. The van der Waals surface area contributed by atoms with Gasteiger partial charge < -0.3 is 4.42 Å². The quantitative estimate of drug-likeness (QED) is 0.712. The average molecular weight is 202 g/mol. The first-order valence-corrected chi connectivity index (χ1v) is 4.61. The monoisotopic (exact) mass is 202 g/mol. The van der Waals surface area contributed by atoms with Crippen molar-refractivity contribution < 1.29 is 9.21 Å². The molecular formula is C11H10N2O2. The average Bonchev–Trinajstić information content (AvgIpc) is 2.65. The summed E-state index contributed by atoms with van der Waals surface area (Å²) in [5, 5.41) is 7.33. The number of rotatable bonds is 3. The number of nitrogens with zero attached hydrogens (tertiary/aromatic N) is 2. The van der Waals surface area contributed by atoms with Gasteiger partial charge in [0.15, 0.2) is 0 Å². The van der Waals surface area contributed by atoms with Crippen molar-refractivity contribution in [2.24, 2.45) is 0 Å². The molecule has 0 fully saturated rings. The molecular weight excluding hydrogens is 192 g/mol. The summed E-state index contributed by atoms with van der Waals surface area (Å²) >= 11 is 0. The summed E-state index contributed by atoms with van der Waals surface area (Å²) in [7, 11) is 0. The Labute approximate surface area is 86.9 Å². The fraction of sp³-hybridized carbons (Fsp3) is 0.182. The molecule has 4 heteroatoms. The van der Waals surface area contributed by atoms with Crippen LogP contribution in [0.2, 0.25) is 0 Å². The summed E-state index contributed by atoms with van der Waals surface area (Å²) in [5.74, 6) is 0.486. The molecule has 0 N–H and O–H groups in total. The summed E-state index contributed by atoms with van der Waals surface area (Å²) in [4.78, 5) is 10.3. The molecule has 1 aromatic heterocycles. The lowest BCUT2D eigenvalue weighted by molar-refractivity contribution is 0.109. The number of hydrogen-bond donors (Lipinski definition) is 0. The molecule has 15 heavy (non-hydrogen) atoms. The van der Waals surface area contributed by atoms with Crippen molar-refractivity contribution in [3.05, 3.63) is 47.2 Å². The lowest BCUT2D eigenvalue weighted by Crippen LogP contribution is -1.88. The number of aldehydes is 1. The number of benzene rings is 1. The second-order valence-corrected chi connectivity index (χ2v) is 3.32. The third kappa shape index (κ3) is 2.28. The minimum atomic E-state index is 0.0256. The zero-order valence-electron chi connectivity index (χ0n) is 8.30. The number of hydrogen-bond acceptors (Lipinski definition) is 4. The molecule has 0 saturated carbocycles. The predicted molar refractivity (Wildman–Crippen MR) is 53.7 cm³/mol. The molecule has 0 bridgehead atoms. The van der Waals surface area contributed by atoms with Crippen LogP contribution in [0.15, 0.2) is 28.7 Å². The molecule has 0 saturated heterocycles. The van der Waals surface area contributed by atoms with Crippen molar-refractivity contribution in [1.82, 2.24) is 10.2 Å². The highest BCUT2D eigenvalue weighted by Crippen LogP contribution is 2.09. The molecule has 1 aromatic carbocycles. The Balaban J connectivity index is 2.18. The Hall–Kier alpha value is -1.97. The van der Waals surface area contributed by atoms with E-state index >= 15 is 0 Å². The number of carbonyl (C=O) groups is 1. The maximum absolute atomic E-state index is 10.3. The molecule has 76 valence electrons. The van der Waals surface area contributed by atoms with E-state index in [1.54, 1.807) is 0 Å². The second kappa shape index (κ2) is 4.04. The largest absolute Gasteiger partial charge is 0.418 e. The summed E-state index contributed by atoms with van der Waals surface area (Å²) in [6.07, 6.45) is 1.11. The van der Waals surface area contributed by atoms with Crippen LogP contribution in [0.3, 0.4) is 0 Å². The van der Waals surface area contributed by atoms with Crippen molar-refractivity contribution in [2.45, 2.75) is 13.3 Å². The van der Waals surface area contributed by atoms with Crippen LogP contribution in [0.25, 0.3) is 0 Å². The lowest BCUT2D eigenvalue weighted by Gasteiger charge is -1.97. The first-order chi connectivity index (χ1) is 7.28. The van der Waals surface area contributed by atoms with Gasteiger partial charge in [0, 0.05) is 0 Å². The second-order valence-electron chi connectivity index (χ2n) is 3.32. The van der Waals surface area contributed by atoms with Gasteiger partial charge in [-0.05, 0) is 12.5 Å². The number of aromatic nitrogens is 2. The van der Waals surface area contributed by atoms with E-state index in [4.69, 9.17) is 4.42 Å². The number of aryl methyl sites for hydroxylation is 1. The number of carbonyl (C=O) groups excluding carboxylic acids is 1. The van der Waals surface area contributed by atoms with Gasteiger partial charge in [0.05, 0.1) is 6.42 Å². The van der Waals surface area contributed by atoms with E-state index in [9.17, 15) is 4.79 Å². The predicted octanol–water partition coefficient (Wildman–Crippen LogP) is 1.78. The van der Waals surface area contributed by atoms with Gasteiger partial charge in [0.1, 0.15) is 0 Å². The molecule has 0 radical (unpaired) electrons. The normalized spacial score (nSPS) is 10.2. The van der Waals surface area contributed by atoms with Crippen LogP contribution in [0.5, 0.6) is 0 Å². The summed E-state index contributed by atoms with van der Waals surface area (Å²) in [5.41, 5.74) is 2.28. The molecule has 4 nitrogen and oxygen atoms in total. The third-order valence-electron chi connectivity index (χ3n) is 2.02. The topological polar surface area (TPSA) is 56.0 Å². The zero-order chi connectivity index (χ0) is 10.7. The highest BCUT2D eigenvalue weighted by Gasteiger charge is 2.05. The van der Waals surface area contributed by atoms with Crippen LogP contribution in [0, 0.1) is 6.92 Å². The van der Waals surface area contributed by atoms with Crippen molar-refractivity contribution in [1.29, 1.82) is 0 Å². The van der Waals surface area contributed by atoms with E-state index in [-0.39, 0.29) is 5.89 Å². The zero-order valence-corrected chi connectivity index (χ0v) is 8.30. The van der Waals surface area contributed by atoms with Crippen LogP contribution in [0.1, 0.15) is 27.7 Å². The summed E-state index contributed by atoms with van der Waals surface area (Å²) in [6, 6.07) is 8.03. The van der Waals surface area contributed by atoms with Gasteiger partial charge in [-0.15, -0.1) is 10.2 Å². The van der Waals surface area contributed by atoms with E-state index in [2.05, 4.69) is 10.2 Å². The molecule has 0 aliphatic heterocycles. The molecule has 1 heterocycles. The Morgan fingerprint density at radius 3 is 2.93 bits per heavy atom. The fourth-order valence-electron chi connectivity index (χ4n) is 1.38. The van der Waals surface area contributed by atoms with Gasteiger partial charge in [-0.2, -0.15) is 0 Å². The Bertz CT molecular complexity index is 477. The van der Waals surface area contributed by atoms with Gasteiger partial charge in [0.2, 0.25) is 12.2 Å². The Morgan fingerprint density at radius 1 is 1.40 bits per heavy atom. The SMILES string of the molecule is Cc1cccc(Cc2nnc(C=O)o2)c1. The van der Waals surface area contributed by atoms with Crippen molar-refractivity contribution in [3.63, 3.8) is 0 Å². The summed E-state index contributed by atoms with van der Waals surface area (Å²) < 4.78 is 5.09. The van der Waals surface area contributed by atoms with E-state index in [0.717, 1.165) is 5.56 Å². The molecule has 0 atom stereocenters. The minimum absolute atomic E-state index is 0.0256. The molecule has 0 aliphatic rings. The van der Waals surface area contributed by atoms with Gasteiger partial charge >= 0.3 is 0 Å². The maximum atomic E-state index is 10.3. The van der Waals surface area contributed by atoms with E-state index in [1.165, 1.54) is 5.56 Å². The van der Waals surface area contributed by atoms with Crippen LogP contribution >= 0.6 is 0 Å². The van der Waals surface area contributed by atoms with E-state index in [1.807, 2.05) is 31.2 Å². The standard InChI is InChI=1S/C11H10N2O2/c1-8-3-2-4-9(5-8)6-10-12-13-11(7-14)15-10/h2-5,7H,6H2,1H3. The smallest absolute Gasteiger partial charge is 0.280 e. The van der Waals surface area contributed by atoms with Gasteiger partial charge in [-0.1, -0.05) is 29.8 Å². The molecule has 2 rings (SSSR count). The van der Waals surface area contributed by atoms with E-state index in [0.29, 0.717) is 18.6 Å². The van der Waals surface area contributed by atoms with Crippen molar-refractivity contribution >= 4 is 6.29 Å². The van der Waals surface area contributed by atoms with Gasteiger partial charge in [-0.3, -0.25) is 4.79 Å². The lowest BCUT2D eigenvalue weighted by atomic mass is 10.1. The van der Waals surface area contributed by atoms with Crippen LogP contribution in [0.4, 0.5) is 0 Å². The Kier molecular flexibility index (Phi) is 2.58. The van der Waals surface area contributed by atoms with Crippen LogP contribution in [-0.2, 0) is 6.42 Å². The van der Waals surface area contributed by atoms with Gasteiger partial charge in [0.25, 0.3) is 5.89 Å². The van der Waals surface area contributed by atoms with Crippen molar-refractivity contribution in [2.75, 3.05) is 0 Å². The summed E-state index contributed by atoms with van der Waals surface area (Å²) in [6.45, 7) is 2.02. The van der Waals surface area contributed by atoms with Gasteiger partial charge in [-0.25, -0.2) is 0 Å². The molecule has 2 aromatic rings. The van der Waals surface area contributed by atoms with E-state index < -0.39 is 0 Å². The molecule has 0 unspecified atom stereocenters. The van der Waals surface area contributed by atoms with Crippen molar-refractivity contribution in [3.8, 4) is 0 Å². The highest BCUT2D eigenvalue weighted by atomic mass is 16.4. The molecule has 0 amide bonds. The first kappa shape index (κ1) is 9.58. The molecule has 0 spiro atoms. The highest BCUT2D eigenvalue weighted by molar-refractivity contribution is 5.66. The maximum Gasteiger partial charge on any atom is 0.280 e.